The molecule has 0 aliphatic heterocycles. The number of unbranched alkanes of at least 4 members (excludes halogenated alkanes) is 2. The Hall–Kier alpha value is -4.69. The van der Waals surface area contributed by atoms with E-state index in [4.69, 9.17) is 19.4 Å². The molecule has 0 aliphatic rings. The molecule has 2 aromatic heterocycles. The average molecular weight is 607 g/mol. The summed E-state index contributed by atoms with van der Waals surface area (Å²) >= 11 is 1.69. The summed E-state index contributed by atoms with van der Waals surface area (Å²) in [6, 6.07) is 32.5. The molecule has 4 aromatic carbocycles. The summed E-state index contributed by atoms with van der Waals surface area (Å²) in [4.78, 5) is 9.59. The molecule has 0 saturated carbocycles. The number of pyridine rings is 1. The molecule has 8 heteroatoms. The first-order chi connectivity index (χ1) is 21.7. The SMILES string of the molecule is CNc1ccc(-c2nc3ccc(OCCCCCNc4ccc(-c5ccc6cc(OCCF)ccc6n5)cc4)cc3s2)cc1. The van der Waals surface area contributed by atoms with Crippen molar-refractivity contribution in [3.05, 3.63) is 97.1 Å². The lowest BCUT2D eigenvalue weighted by Crippen LogP contribution is -2.03. The third kappa shape index (κ3) is 7.26. The summed E-state index contributed by atoms with van der Waals surface area (Å²) in [5.74, 6) is 1.55. The summed E-state index contributed by atoms with van der Waals surface area (Å²) < 4.78 is 25.0. The Kier molecular flexibility index (Phi) is 9.47. The fourth-order valence-corrected chi connectivity index (χ4v) is 5.99. The second-order valence-corrected chi connectivity index (χ2v) is 11.5. The number of ether oxygens (including phenoxy) is 2. The van der Waals surface area contributed by atoms with Crippen LogP contribution in [0.15, 0.2) is 97.1 Å². The lowest BCUT2D eigenvalue weighted by molar-refractivity contribution is 0.273. The lowest BCUT2D eigenvalue weighted by atomic mass is 10.1. The van der Waals surface area contributed by atoms with Crippen LogP contribution in [0, 0.1) is 0 Å². The van der Waals surface area contributed by atoms with Crippen LogP contribution in [0.2, 0.25) is 0 Å². The minimum atomic E-state index is -0.503. The molecule has 0 spiro atoms. The minimum absolute atomic E-state index is 0.0622. The molecule has 0 radical (unpaired) electrons. The number of fused-ring (bicyclic) bond motifs is 2. The van der Waals surface area contributed by atoms with E-state index in [1.807, 2.05) is 49.5 Å². The molecule has 6 nitrogen and oxygen atoms in total. The smallest absolute Gasteiger partial charge is 0.124 e. The van der Waals surface area contributed by atoms with E-state index in [0.29, 0.717) is 12.4 Å². The molecule has 6 aromatic rings. The quantitative estimate of drug-likeness (QED) is 0.121. The van der Waals surface area contributed by atoms with E-state index in [1.54, 1.807) is 11.3 Å². The van der Waals surface area contributed by atoms with Crippen LogP contribution in [0.5, 0.6) is 11.5 Å². The molecule has 0 fully saturated rings. The van der Waals surface area contributed by atoms with Crippen molar-refractivity contribution in [2.75, 3.05) is 44.1 Å². The average Bonchev–Trinajstić information content (AvgIpc) is 3.50. The van der Waals surface area contributed by atoms with Gasteiger partial charge in [-0.3, -0.25) is 0 Å². The Morgan fingerprint density at radius 2 is 1.41 bits per heavy atom. The third-order valence-electron chi connectivity index (χ3n) is 7.39. The number of benzene rings is 4. The number of rotatable bonds is 14. The second kappa shape index (κ2) is 14.2. The Balaban J connectivity index is 0.925. The van der Waals surface area contributed by atoms with E-state index in [0.717, 1.165) is 85.9 Å². The molecule has 0 aliphatic carbocycles. The Morgan fingerprint density at radius 3 is 2.20 bits per heavy atom. The number of alkyl halides is 1. The maximum atomic E-state index is 12.4. The van der Waals surface area contributed by atoms with Gasteiger partial charge in [0.25, 0.3) is 0 Å². The van der Waals surface area contributed by atoms with Crippen molar-refractivity contribution in [3.63, 3.8) is 0 Å². The first-order valence-corrected chi connectivity index (χ1v) is 15.8. The number of nitrogens with one attached hydrogen (secondary N) is 2. The molecule has 44 heavy (non-hydrogen) atoms. The number of aromatic nitrogens is 2. The number of hydrogen-bond acceptors (Lipinski definition) is 7. The van der Waals surface area contributed by atoms with Crippen LogP contribution < -0.4 is 20.1 Å². The van der Waals surface area contributed by atoms with Gasteiger partial charge < -0.3 is 20.1 Å². The van der Waals surface area contributed by atoms with Crippen molar-refractivity contribution in [2.24, 2.45) is 0 Å². The third-order valence-corrected chi connectivity index (χ3v) is 8.45. The zero-order valence-corrected chi connectivity index (χ0v) is 25.5. The second-order valence-electron chi connectivity index (χ2n) is 10.5. The van der Waals surface area contributed by atoms with E-state index in [9.17, 15) is 4.39 Å². The highest BCUT2D eigenvalue weighted by atomic mass is 32.1. The first-order valence-electron chi connectivity index (χ1n) is 14.9. The fourth-order valence-electron chi connectivity index (χ4n) is 4.99. The van der Waals surface area contributed by atoms with Crippen molar-refractivity contribution < 1.29 is 13.9 Å². The topological polar surface area (TPSA) is 68.3 Å². The number of nitrogens with zero attached hydrogens (tertiary/aromatic N) is 2. The van der Waals surface area contributed by atoms with E-state index >= 15 is 0 Å². The largest absolute Gasteiger partial charge is 0.494 e. The molecule has 0 atom stereocenters. The van der Waals surface area contributed by atoms with Crippen LogP contribution in [0.3, 0.4) is 0 Å². The van der Waals surface area contributed by atoms with Crippen LogP contribution in [0.1, 0.15) is 19.3 Å². The van der Waals surface area contributed by atoms with Gasteiger partial charge in [0.15, 0.2) is 0 Å². The lowest BCUT2D eigenvalue weighted by Gasteiger charge is -2.09. The number of hydrogen-bond donors (Lipinski definition) is 2. The van der Waals surface area contributed by atoms with Crippen molar-refractivity contribution in [2.45, 2.75) is 19.3 Å². The Labute approximate surface area is 260 Å². The highest BCUT2D eigenvalue weighted by molar-refractivity contribution is 7.21. The van der Waals surface area contributed by atoms with Crippen LogP contribution in [-0.2, 0) is 0 Å². The number of thiazole rings is 1. The first kappa shape index (κ1) is 29.4. The van der Waals surface area contributed by atoms with Crippen molar-refractivity contribution >= 4 is 43.8 Å². The summed E-state index contributed by atoms with van der Waals surface area (Å²) in [5, 5.41) is 8.65. The van der Waals surface area contributed by atoms with Gasteiger partial charge in [-0.15, -0.1) is 11.3 Å². The minimum Gasteiger partial charge on any atom is -0.494 e. The highest BCUT2D eigenvalue weighted by Crippen LogP contribution is 2.33. The molecule has 2 N–H and O–H groups in total. The predicted octanol–water partition coefficient (Wildman–Crippen LogP) is 9.23. The molecule has 2 heterocycles. The maximum Gasteiger partial charge on any atom is 0.124 e. The van der Waals surface area contributed by atoms with Crippen molar-refractivity contribution in [1.29, 1.82) is 0 Å². The molecule has 0 saturated heterocycles. The van der Waals surface area contributed by atoms with Gasteiger partial charge in [0.1, 0.15) is 29.8 Å². The Morgan fingerprint density at radius 1 is 0.682 bits per heavy atom. The summed E-state index contributed by atoms with van der Waals surface area (Å²) in [5.41, 5.74) is 7.16. The normalized spacial score (nSPS) is 11.1. The molecular formula is C36H35FN4O2S. The zero-order valence-electron chi connectivity index (χ0n) is 24.7. The van der Waals surface area contributed by atoms with E-state index in [1.165, 1.54) is 0 Å². The van der Waals surface area contributed by atoms with Crippen LogP contribution in [0.4, 0.5) is 15.8 Å². The molecule has 6 rings (SSSR count). The van der Waals surface area contributed by atoms with Gasteiger partial charge in [-0.2, -0.15) is 0 Å². The monoisotopic (exact) mass is 606 g/mol. The molecule has 0 bridgehead atoms. The number of halogens is 1. The van der Waals surface area contributed by atoms with E-state index in [2.05, 4.69) is 65.2 Å². The van der Waals surface area contributed by atoms with Crippen LogP contribution in [0.25, 0.3) is 42.9 Å². The summed E-state index contributed by atoms with van der Waals surface area (Å²) in [7, 11) is 1.92. The highest BCUT2D eigenvalue weighted by Gasteiger charge is 2.08. The molecular weight excluding hydrogens is 571 g/mol. The van der Waals surface area contributed by atoms with Crippen LogP contribution >= 0.6 is 11.3 Å². The van der Waals surface area contributed by atoms with Crippen molar-refractivity contribution in [1.82, 2.24) is 9.97 Å². The molecule has 0 amide bonds. The van der Waals surface area contributed by atoms with Gasteiger partial charge in [0.05, 0.1) is 28.0 Å². The molecule has 0 unspecified atom stereocenters. The maximum absolute atomic E-state index is 12.4. The Bertz CT molecular complexity index is 1820. The van der Waals surface area contributed by atoms with Gasteiger partial charge in [-0.1, -0.05) is 18.2 Å². The fraction of sp³-hybridized carbons (Fsp3) is 0.222. The van der Waals surface area contributed by atoms with Gasteiger partial charge in [0.2, 0.25) is 0 Å². The summed E-state index contributed by atoms with van der Waals surface area (Å²) in [6.07, 6.45) is 3.15. The van der Waals surface area contributed by atoms with Gasteiger partial charge in [0, 0.05) is 41.5 Å². The molecule has 224 valence electrons. The van der Waals surface area contributed by atoms with Gasteiger partial charge >= 0.3 is 0 Å². The van der Waals surface area contributed by atoms with E-state index < -0.39 is 6.67 Å². The van der Waals surface area contributed by atoms with Gasteiger partial charge in [-0.25, -0.2) is 14.4 Å². The predicted molar refractivity (Wildman–Crippen MR) is 181 cm³/mol. The van der Waals surface area contributed by atoms with Crippen LogP contribution in [-0.4, -0.2) is 43.4 Å². The zero-order chi connectivity index (χ0) is 30.1. The number of anilines is 2. The standard InChI is InChI=1S/C36H35FN4O2S/c1-38-28-10-7-26(8-11-28)36-41-34-18-15-31(24-35(34)44-36)42-21-4-2-3-20-39-29-12-5-25(6-13-29)32-16-9-27-23-30(43-22-19-37)14-17-33(27)40-32/h5-18,23-24,38-39H,2-4,19-22H2,1H3. The summed E-state index contributed by atoms with van der Waals surface area (Å²) in [6.45, 7) is 1.16. The van der Waals surface area contributed by atoms with E-state index in [-0.39, 0.29) is 6.61 Å². The van der Waals surface area contributed by atoms with Gasteiger partial charge in [-0.05, 0) is 98.1 Å². The van der Waals surface area contributed by atoms with Crippen molar-refractivity contribution in [3.8, 4) is 33.3 Å².